The summed E-state index contributed by atoms with van der Waals surface area (Å²) in [5, 5.41) is 0. The summed E-state index contributed by atoms with van der Waals surface area (Å²) >= 11 is 0. The second kappa shape index (κ2) is 20.0. The van der Waals surface area contributed by atoms with E-state index in [2.05, 4.69) is 66.6 Å². The van der Waals surface area contributed by atoms with Gasteiger partial charge in [-0.15, -0.1) is 0 Å². The van der Waals surface area contributed by atoms with Gasteiger partial charge < -0.3 is 19.1 Å². The van der Waals surface area contributed by atoms with Crippen LogP contribution in [0.15, 0.2) is 11.6 Å². The van der Waals surface area contributed by atoms with Crippen LogP contribution in [0.3, 0.4) is 0 Å². The summed E-state index contributed by atoms with van der Waals surface area (Å²) in [5.74, 6) is 5.51. The molecule has 3 saturated carbocycles. The number of fused-ring (bicyclic) bond motifs is 5. The van der Waals surface area contributed by atoms with E-state index in [0.29, 0.717) is 23.0 Å². The van der Waals surface area contributed by atoms with Crippen LogP contribution in [-0.2, 0) is 14.2 Å². The molecular formula is C44H81NO3. The molecule has 4 heteroatoms. The fourth-order valence-electron chi connectivity index (χ4n) is 11.1. The third-order valence-corrected chi connectivity index (χ3v) is 14.3. The van der Waals surface area contributed by atoms with Crippen molar-refractivity contribution in [2.24, 2.45) is 46.3 Å². The average Bonchev–Trinajstić information content (AvgIpc) is 3.41. The van der Waals surface area contributed by atoms with Crippen LogP contribution in [0, 0.1) is 46.3 Å². The van der Waals surface area contributed by atoms with E-state index < -0.39 is 0 Å². The Morgan fingerprint density at radius 2 is 1.46 bits per heavy atom. The molecule has 3 unspecified atom stereocenters. The highest BCUT2D eigenvalue weighted by Gasteiger charge is 2.59. The van der Waals surface area contributed by atoms with E-state index in [1.54, 1.807) is 5.57 Å². The molecule has 4 aliphatic carbocycles. The molecule has 0 aromatic rings. The minimum atomic E-state index is 0.354. The maximum atomic E-state index is 6.55. The first-order valence-electron chi connectivity index (χ1n) is 21.2. The molecular weight excluding hydrogens is 590 g/mol. The number of nitrogens with zero attached hydrogens (tertiary/aromatic N) is 1. The molecule has 4 aliphatic rings. The topological polar surface area (TPSA) is 30.9 Å². The number of likely N-dealkylation sites (N-methyl/N-ethyl adjacent to an activating group) is 1. The van der Waals surface area contributed by atoms with Crippen LogP contribution in [0.1, 0.15) is 164 Å². The highest BCUT2D eigenvalue weighted by atomic mass is 16.5. The van der Waals surface area contributed by atoms with E-state index in [4.69, 9.17) is 14.2 Å². The Bertz CT molecular complexity index is 932. The molecule has 4 nitrogen and oxygen atoms in total. The van der Waals surface area contributed by atoms with Crippen molar-refractivity contribution >= 4 is 0 Å². The number of hydrogen-bond donors (Lipinski definition) is 0. The standard InChI is InChI=1S/C44H81NO3/c1-9-10-28-46-32-37(45(7)8)33-47-29-15-13-11-12-14-16-30-48-38-24-26-43(5)36(31-38)20-21-39-41-23-22-40(35(4)19-17-18-34(2)3)44(41,6)27-25-42(39)43/h20,34-35,37-42H,9-19,21-33H2,1-8H3/t35-,37-,38+,39?,40-,41+,42+,43?,44?/m1/s1. The zero-order valence-electron chi connectivity index (χ0n) is 33.3. The van der Waals surface area contributed by atoms with E-state index in [1.165, 1.54) is 116 Å². The van der Waals surface area contributed by atoms with Crippen LogP contribution in [0.5, 0.6) is 0 Å². The highest BCUT2D eigenvalue weighted by molar-refractivity contribution is 5.25. The molecule has 280 valence electrons. The van der Waals surface area contributed by atoms with Gasteiger partial charge in [-0.1, -0.05) is 105 Å². The second-order valence-corrected chi connectivity index (χ2v) is 18.3. The lowest BCUT2D eigenvalue weighted by Gasteiger charge is -2.58. The number of hydrogen-bond acceptors (Lipinski definition) is 4. The summed E-state index contributed by atoms with van der Waals surface area (Å²) in [7, 11) is 4.25. The Hall–Kier alpha value is -0.420. The quantitative estimate of drug-likeness (QED) is 0.0799. The highest BCUT2D eigenvalue weighted by Crippen LogP contribution is 2.67. The predicted molar refractivity (Wildman–Crippen MR) is 205 cm³/mol. The average molecular weight is 672 g/mol. The van der Waals surface area contributed by atoms with Gasteiger partial charge in [0.2, 0.25) is 0 Å². The minimum absolute atomic E-state index is 0.354. The molecule has 0 amide bonds. The minimum Gasteiger partial charge on any atom is -0.380 e. The Labute approximate surface area is 299 Å². The zero-order valence-corrected chi connectivity index (χ0v) is 33.3. The molecule has 0 spiro atoms. The largest absolute Gasteiger partial charge is 0.380 e. The first-order chi connectivity index (χ1) is 23.1. The number of rotatable bonds is 23. The van der Waals surface area contributed by atoms with E-state index in [1.807, 2.05) is 0 Å². The van der Waals surface area contributed by atoms with Crippen molar-refractivity contribution in [3.63, 3.8) is 0 Å². The first kappa shape index (κ1) is 40.4. The van der Waals surface area contributed by atoms with E-state index >= 15 is 0 Å². The van der Waals surface area contributed by atoms with Crippen molar-refractivity contribution < 1.29 is 14.2 Å². The molecule has 0 bridgehead atoms. The fourth-order valence-corrected chi connectivity index (χ4v) is 11.1. The Kier molecular flexibility index (Phi) is 16.8. The van der Waals surface area contributed by atoms with Crippen LogP contribution < -0.4 is 0 Å². The van der Waals surface area contributed by atoms with Gasteiger partial charge in [0.05, 0.1) is 25.4 Å². The molecule has 0 aliphatic heterocycles. The molecule has 0 radical (unpaired) electrons. The van der Waals surface area contributed by atoms with Gasteiger partial charge in [-0.3, -0.25) is 0 Å². The molecule has 0 saturated heterocycles. The van der Waals surface area contributed by atoms with Gasteiger partial charge in [-0.25, -0.2) is 0 Å². The lowest BCUT2D eigenvalue weighted by molar-refractivity contribution is -0.0641. The number of unbranched alkanes of at least 4 members (excludes halogenated alkanes) is 6. The maximum Gasteiger partial charge on any atom is 0.0644 e. The monoisotopic (exact) mass is 672 g/mol. The smallest absolute Gasteiger partial charge is 0.0644 e. The van der Waals surface area contributed by atoms with Crippen molar-refractivity contribution in [2.45, 2.75) is 176 Å². The van der Waals surface area contributed by atoms with Crippen LogP contribution >= 0.6 is 0 Å². The van der Waals surface area contributed by atoms with E-state index in [9.17, 15) is 0 Å². The molecule has 48 heavy (non-hydrogen) atoms. The summed E-state index contributed by atoms with van der Waals surface area (Å²) in [6.07, 6.45) is 28.6. The molecule has 0 heterocycles. The summed E-state index contributed by atoms with van der Waals surface area (Å²) in [4.78, 5) is 2.23. The van der Waals surface area contributed by atoms with Crippen LogP contribution in [0.25, 0.3) is 0 Å². The number of allylic oxidation sites excluding steroid dienone is 1. The molecule has 4 rings (SSSR count). The lowest BCUT2D eigenvalue weighted by atomic mass is 9.47. The van der Waals surface area contributed by atoms with E-state index in [-0.39, 0.29) is 0 Å². The predicted octanol–water partition coefficient (Wildman–Crippen LogP) is 11.5. The van der Waals surface area contributed by atoms with Crippen molar-refractivity contribution in [1.29, 1.82) is 0 Å². The summed E-state index contributed by atoms with van der Waals surface area (Å²) in [6.45, 7) is 19.2. The Balaban J connectivity index is 1.09. The third-order valence-electron chi connectivity index (χ3n) is 14.3. The van der Waals surface area contributed by atoms with Crippen LogP contribution in [0.2, 0.25) is 0 Å². The fraction of sp³-hybridized carbons (Fsp3) is 0.955. The molecule has 0 aromatic heterocycles. The van der Waals surface area contributed by atoms with Crippen molar-refractivity contribution in [1.82, 2.24) is 4.90 Å². The second-order valence-electron chi connectivity index (χ2n) is 18.3. The molecule has 9 atom stereocenters. The van der Waals surface area contributed by atoms with Crippen molar-refractivity contribution in [3.8, 4) is 0 Å². The SMILES string of the molecule is CCCCOC[C@H](COCCCCCCCCO[C@H]1CCC2(C)C(=CCC3[C@@H]2CCC2(C)[C@@H]([C@H](C)CCCC(C)C)CC[C@@H]32)C1)N(C)C. The summed E-state index contributed by atoms with van der Waals surface area (Å²) in [5.41, 5.74) is 2.81. The summed E-state index contributed by atoms with van der Waals surface area (Å²) in [6, 6.07) is 0.354. The van der Waals surface area contributed by atoms with Gasteiger partial charge >= 0.3 is 0 Å². The Morgan fingerprint density at radius 1 is 0.771 bits per heavy atom. The maximum absolute atomic E-state index is 6.55. The molecule has 0 N–H and O–H groups in total. The zero-order chi connectivity index (χ0) is 34.6. The van der Waals surface area contributed by atoms with Gasteiger partial charge in [0.1, 0.15) is 0 Å². The number of ether oxygens (including phenoxy) is 3. The van der Waals surface area contributed by atoms with Crippen molar-refractivity contribution in [2.75, 3.05) is 47.1 Å². The van der Waals surface area contributed by atoms with Gasteiger partial charge in [0.25, 0.3) is 0 Å². The summed E-state index contributed by atoms with van der Waals surface area (Å²) < 4.78 is 18.4. The normalized spacial score (nSPS) is 33.0. The first-order valence-corrected chi connectivity index (χ1v) is 21.2. The van der Waals surface area contributed by atoms with Crippen LogP contribution in [0.4, 0.5) is 0 Å². The molecule has 3 fully saturated rings. The van der Waals surface area contributed by atoms with Gasteiger partial charge in [-0.2, -0.15) is 0 Å². The van der Waals surface area contributed by atoms with Crippen LogP contribution in [-0.4, -0.2) is 64.2 Å². The molecule has 0 aromatic carbocycles. The third kappa shape index (κ3) is 10.8. The van der Waals surface area contributed by atoms with Gasteiger partial charge in [0.15, 0.2) is 0 Å². The van der Waals surface area contributed by atoms with E-state index in [0.717, 1.165) is 75.0 Å². The lowest BCUT2D eigenvalue weighted by Crippen LogP contribution is -2.51. The van der Waals surface area contributed by atoms with Gasteiger partial charge in [-0.05, 0) is 131 Å². The van der Waals surface area contributed by atoms with Gasteiger partial charge in [0, 0.05) is 19.8 Å². The van der Waals surface area contributed by atoms with Crippen molar-refractivity contribution in [3.05, 3.63) is 11.6 Å². The Morgan fingerprint density at radius 3 is 2.15 bits per heavy atom.